The number of nitrogen functional groups attached to an aromatic ring is 1. The molecule has 0 aliphatic carbocycles. The molecule has 0 amide bonds. The van der Waals surface area contributed by atoms with Gasteiger partial charge < -0.3 is 21.3 Å². The summed E-state index contributed by atoms with van der Waals surface area (Å²) in [5.74, 6) is 1.58. The van der Waals surface area contributed by atoms with E-state index in [1.165, 1.54) is 12.1 Å². The highest BCUT2D eigenvalue weighted by molar-refractivity contribution is 6.36. The number of halogens is 2. The van der Waals surface area contributed by atoms with Crippen LogP contribution in [0.5, 0.6) is 0 Å². The highest BCUT2D eigenvalue weighted by Crippen LogP contribution is 2.35. The molecule has 0 bridgehead atoms. The van der Waals surface area contributed by atoms with E-state index < -0.39 is 4.92 Å². The fourth-order valence-corrected chi connectivity index (χ4v) is 4.29. The lowest BCUT2D eigenvalue weighted by Gasteiger charge is -2.17. The van der Waals surface area contributed by atoms with E-state index in [0.717, 1.165) is 31.8 Å². The topological polar surface area (TPSA) is 147 Å². The van der Waals surface area contributed by atoms with Crippen LogP contribution in [0.25, 0.3) is 11.3 Å². The minimum atomic E-state index is -0.574. The molecule has 13 heteroatoms. The predicted octanol–water partition coefficient (Wildman–Crippen LogP) is 5.01. The molecule has 0 unspecified atom stereocenters. The third kappa shape index (κ3) is 6.10. The molecular formula is C23H25Cl2N9O2. The zero-order chi connectivity index (χ0) is 25.7. The highest BCUT2D eigenvalue weighted by atomic mass is 35.5. The van der Waals surface area contributed by atoms with Crippen LogP contribution in [-0.2, 0) is 0 Å². The highest BCUT2D eigenvalue weighted by Gasteiger charge is 2.17. The van der Waals surface area contributed by atoms with Gasteiger partial charge in [-0.15, -0.1) is 0 Å². The van der Waals surface area contributed by atoms with Crippen LogP contribution in [0.2, 0.25) is 10.0 Å². The zero-order valence-corrected chi connectivity index (χ0v) is 21.1. The zero-order valence-electron chi connectivity index (χ0n) is 19.5. The molecule has 3 aromatic rings. The van der Waals surface area contributed by atoms with Crippen molar-refractivity contribution in [3.63, 3.8) is 0 Å². The Bertz CT molecular complexity index is 1300. The van der Waals surface area contributed by atoms with Crippen molar-refractivity contribution in [1.82, 2.24) is 19.9 Å². The molecule has 11 nitrogen and oxygen atoms in total. The molecule has 36 heavy (non-hydrogen) atoms. The van der Waals surface area contributed by atoms with E-state index in [9.17, 15) is 10.1 Å². The lowest BCUT2D eigenvalue weighted by Crippen LogP contribution is -2.24. The largest absolute Gasteiger partial charge is 0.378 e. The normalized spacial score (nSPS) is 13.6. The van der Waals surface area contributed by atoms with Gasteiger partial charge in [0.1, 0.15) is 23.0 Å². The van der Waals surface area contributed by atoms with Gasteiger partial charge in [-0.2, -0.15) is 0 Å². The Labute approximate surface area is 217 Å². The molecule has 1 saturated heterocycles. The molecule has 0 atom stereocenters. The number of pyridine rings is 1. The third-order valence-corrected chi connectivity index (χ3v) is 6.16. The van der Waals surface area contributed by atoms with Crippen molar-refractivity contribution in [3.8, 4) is 11.3 Å². The van der Waals surface area contributed by atoms with E-state index in [2.05, 4.69) is 30.5 Å². The van der Waals surface area contributed by atoms with Gasteiger partial charge >= 0.3 is 5.69 Å². The van der Waals surface area contributed by atoms with Gasteiger partial charge in [-0.3, -0.25) is 10.1 Å². The molecular weight excluding hydrogens is 505 g/mol. The SMILES string of the molecule is C/C(=N\c1cnc(NCCNc2ccc([N+](=O)[O-])c(N)n2)nc1-c1ccc(Cl)cc1Cl)N1CCCC1. The number of nitrogens with one attached hydrogen (secondary N) is 2. The van der Waals surface area contributed by atoms with Crippen LogP contribution in [0, 0.1) is 10.1 Å². The maximum Gasteiger partial charge on any atom is 0.311 e. The summed E-state index contributed by atoms with van der Waals surface area (Å²) in [6.07, 6.45) is 3.97. The number of aromatic nitrogens is 3. The average Bonchev–Trinajstić information content (AvgIpc) is 3.38. The first-order valence-electron chi connectivity index (χ1n) is 11.3. The lowest BCUT2D eigenvalue weighted by atomic mass is 10.1. The van der Waals surface area contributed by atoms with E-state index in [4.69, 9.17) is 33.9 Å². The van der Waals surface area contributed by atoms with E-state index in [1.807, 2.05) is 13.0 Å². The van der Waals surface area contributed by atoms with Crippen molar-refractivity contribution in [1.29, 1.82) is 0 Å². The molecule has 188 valence electrons. The summed E-state index contributed by atoms with van der Waals surface area (Å²) in [5, 5.41) is 18.1. The first kappa shape index (κ1) is 25.4. The van der Waals surface area contributed by atoms with Crippen molar-refractivity contribution in [2.24, 2.45) is 4.99 Å². The first-order chi connectivity index (χ1) is 17.3. The van der Waals surface area contributed by atoms with Crippen LogP contribution in [0.4, 0.5) is 29.0 Å². The number of hydrogen-bond acceptors (Lipinski definition) is 9. The van der Waals surface area contributed by atoms with Crippen molar-refractivity contribution >= 4 is 58.0 Å². The van der Waals surface area contributed by atoms with Crippen LogP contribution in [-0.4, -0.2) is 56.8 Å². The van der Waals surface area contributed by atoms with Crippen LogP contribution in [0.3, 0.4) is 0 Å². The second kappa shape index (κ2) is 11.4. The molecule has 1 aliphatic rings. The number of nitro groups is 1. The summed E-state index contributed by atoms with van der Waals surface area (Å²) < 4.78 is 0. The molecule has 4 N–H and O–H groups in total. The van der Waals surface area contributed by atoms with E-state index in [0.29, 0.717) is 51.8 Å². The number of benzene rings is 1. The third-order valence-electron chi connectivity index (χ3n) is 5.61. The fourth-order valence-electron chi connectivity index (χ4n) is 3.79. The van der Waals surface area contributed by atoms with E-state index >= 15 is 0 Å². The van der Waals surface area contributed by atoms with Gasteiger partial charge in [-0.05, 0) is 44.0 Å². The number of hydrogen-bond donors (Lipinski definition) is 3. The number of anilines is 3. The molecule has 0 spiro atoms. The number of rotatable bonds is 8. The standard InChI is InChI=1S/C23H25Cl2N9O2/c1-14(33-10-2-3-11-33)30-18-13-29-23(32-21(18)16-5-4-15(24)12-17(16)25)28-9-8-27-20-7-6-19(34(35)36)22(26)31-20/h4-7,12-13H,2-3,8-11H2,1H3,(H3,26,27,31)(H,28,29,32)/b30-14+. The molecule has 2 aromatic heterocycles. The van der Waals surface area contributed by atoms with Crippen LogP contribution in [0.15, 0.2) is 41.5 Å². The Balaban J connectivity index is 1.50. The van der Waals surface area contributed by atoms with Gasteiger partial charge in [0.2, 0.25) is 11.8 Å². The minimum Gasteiger partial charge on any atom is -0.378 e. The van der Waals surface area contributed by atoms with Gasteiger partial charge in [0.05, 0.1) is 16.1 Å². The summed E-state index contributed by atoms with van der Waals surface area (Å²) in [4.78, 5) is 30.5. The number of likely N-dealkylation sites (tertiary alicyclic amines) is 1. The number of amidine groups is 1. The Morgan fingerprint density at radius 1 is 1.17 bits per heavy atom. The summed E-state index contributed by atoms with van der Waals surface area (Å²) in [7, 11) is 0. The van der Waals surface area contributed by atoms with Crippen molar-refractivity contribution in [2.75, 3.05) is 42.5 Å². The van der Waals surface area contributed by atoms with Crippen LogP contribution >= 0.6 is 23.2 Å². The lowest BCUT2D eigenvalue weighted by molar-refractivity contribution is -0.384. The van der Waals surface area contributed by atoms with Crippen molar-refractivity contribution in [3.05, 3.63) is 56.7 Å². The minimum absolute atomic E-state index is 0.147. The second-order valence-corrected chi connectivity index (χ2v) is 8.96. The van der Waals surface area contributed by atoms with Gasteiger partial charge in [0.15, 0.2) is 0 Å². The number of aliphatic imine (C=N–C) groups is 1. The Kier molecular flexibility index (Phi) is 8.01. The average molecular weight is 530 g/mol. The monoisotopic (exact) mass is 529 g/mol. The van der Waals surface area contributed by atoms with Crippen molar-refractivity contribution in [2.45, 2.75) is 19.8 Å². The summed E-state index contributed by atoms with van der Waals surface area (Å²) in [6.45, 7) is 4.83. The smallest absolute Gasteiger partial charge is 0.311 e. The van der Waals surface area contributed by atoms with Gasteiger partial charge in [-0.1, -0.05) is 23.2 Å². The molecule has 0 saturated carbocycles. The van der Waals surface area contributed by atoms with Gasteiger partial charge in [0.25, 0.3) is 0 Å². The fraction of sp³-hybridized carbons (Fsp3) is 0.304. The van der Waals surface area contributed by atoms with Crippen LogP contribution in [0.1, 0.15) is 19.8 Å². The number of nitrogens with zero attached hydrogens (tertiary/aromatic N) is 6. The predicted molar refractivity (Wildman–Crippen MR) is 143 cm³/mol. The van der Waals surface area contributed by atoms with Gasteiger partial charge in [-0.25, -0.2) is 19.9 Å². The molecule has 4 rings (SSSR count). The maximum absolute atomic E-state index is 10.9. The first-order valence-corrected chi connectivity index (χ1v) is 12.1. The molecule has 1 fully saturated rings. The Hall–Kier alpha value is -3.70. The molecule has 3 heterocycles. The summed E-state index contributed by atoms with van der Waals surface area (Å²) in [6, 6.07) is 8.05. The summed E-state index contributed by atoms with van der Waals surface area (Å²) >= 11 is 12.6. The van der Waals surface area contributed by atoms with E-state index in [1.54, 1.807) is 18.3 Å². The summed E-state index contributed by atoms with van der Waals surface area (Å²) in [5.41, 5.74) is 7.30. The quantitative estimate of drug-likeness (QED) is 0.120. The molecule has 0 radical (unpaired) electrons. The second-order valence-electron chi connectivity index (χ2n) is 8.12. The van der Waals surface area contributed by atoms with E-state index in [-0.39, 0.29) is 11.5 Å². The maximum atomic E-state index is 10.9. The van der Waals surface area contributed by atoms with Crippen LogP contribution < -0.4 is 16.4 Å². The Morgan fingerprint density at radius 3 is 2.61 bits per heavy atom. The molecule has 1 aliphatic heterocycles. The number of nitrogens with two attached hydrogens (primary N) is 1. The van der Waals surface area contributed by atoms with Gasteiger partial charge in [0, 0.05) is 42.8 Å². The molecule has 1 aromatic carbocycles. The Morgan fingerprint density at radius 2 is 1.92 bits per heavy atom. The van der Waals surface area contributed by atoms with Crippen molar-refractivity contribution < 1.29 is 4.92 Å².